The molecule has 2 aromatic heterocycles. The van der Waals surface area contributed by atoms with E-state index < -0.39 is 5.54 Å². The van der Waals surface area contributed by atoms with Gasteiger partial charge in [0.1, 0.15) is 11.8 Å². The van der Waals surface area contributed by atoms with E-state index in [2.05, 4.69) is 27.4 Å². The van der Waals surface area contributed by atoms with Crippen LogP contribution in [0.1, 0.15) is 43.7 Å². The molecule has 1 aromatic carbocycles. The number of oxazole rings is 1. The van der Waals surface area contributed by atoms with Crippen molar-refractivity contribution in [3.8, 4) is 11.5 Å². The van der Waals surface area contributed by atoms with E-state index in [0.717, 1.165) is 25.0 Å². The number of anilines is 1. The molecule has 3 aromatic rings. The molecule has 5 rings (SSSR count). The number of aromatic nitrogens is 3. The van der Waals surface area contributed by atoms with Crippen LogP contribution in [0, 0.1) is 19.8 Å². The number of piperidine rings is 1. The van der Waals surface area contributed by atoms with E-state index in [4.69, 9.17) is 20.4 Å². The number of amides is 2. The van der Waals surface area contributed by atoms with E-state index in [1.54, 1.807) is 31.4 Å². The number of rotatable bonds is 3. The van der Waals surface area contributed by atoms with Crippen LogP contribution in [0.15, 0.2) is 33.3 Å². The van der Waals surface area contributed by atoms with E-state index in [1.165, 1.54) is 0 Å². The molecule has 3 atom stereocenters. The number of hydrogen-bond acceptors (Lipinski definition) is 6. The van der Waals surface area contributed by atoms with Gasteiger partial charge in [0.15, 0.2) is 0 Å². The lowest BCUT2D eigenvalue weighted by Gasteiger charge is -2.61. The van der Waals surface area contributed by atoms with Gasteiger partial charge in [0.25, 0.3) is 0 Å². The van der Waals surface area contributed by atoms with Crippen LogP contribution >= 0.6 is 11.6 Å². The maximum absolute atomic E-state index is 13.3. The van der Waals surface area contributed by atoms with Crippen molar-refractivity contribution in [2.24, 2.45) is 5.92 Å². The normalized spacial score (nSPS) is 25.1. The molecule has 4 heterocycles. The van der Waals surface area contributed by atoms with E-state index >= 15 is 0 Å². The molecule has 2 fully saturated rings. The molecule has 2 bridgehead atoms. The lowest BCUT2D eigenvalue weighted by molar-refractivity contribution is -0.110. The predicted octanol–water partition coefficient (Wildman–Crippen LogP) is 4.93. The lowest BCUT2D eigenvalue weighted by Crippen LogP contribution is -2.70. The van der Waals surface area contributed by atoms with Gasteiger partial charge in [-0.15, -0.1) is 10.2 Å². The number of benzene rings is 1. The van der Waals surface area contributed by atoms with Crippen molar-refractivity contribution in [2.75, 3.05) is 5.32 Å². The molecule has 0 saturated carbocycles. The number of halogens is 1. The quantitative estimate of drug-likeness (QED) is 0.636. The molecule has 156 valence electrons. The first-order valence-electron chi connectivity index (χ1n) is 9.99. The number of aryl methyl sites for hydroxylation is 2. The first kappa shape index (κ1) is 19.1. The van der Waals surface area contributed by atoms with Gasteiger partial charge in [-0.1, -0.05) is 18.5 Å². The first-order valence-corrected chi connectivity index (χ1v) is 10.4. The fourth-order valence-corrected chi connectivity index (χ4v) is 5.06. The van der Waals surface area contributed by atoms with Gasteiger partial charge in [0.2, 0.25) is 17.7 Å². The summed E-state index contributed by atoms with van der Waals surface area (Å²) in [5.74, 6) is 1.92. The molecule has 30 heavy (non-hydrogen) atoms. The molecule has 2 aliphatic rings. The minimum absolute atomic E-state index is 0.155. The van der Waals surface area contributed by atoms with E-state index in [0.29, 0.717) is 39.9 Å². The number of carbonyl (C=O) groups is 1. The zero-order valence-electron chi connectivity index (χ0n) is 17.0. The summed E-state index contributed by atoms with van der Waals surface area (Å²) in [4.78, 5) is 19.5. The number of urea groups is 1. The summed E-state index contributed by atoms with van der Waals surface area (Å²) in [6.07, 6.45) is 4.17. The van der Waals surface area contributed by atoms with Gasteiger partial charge in [-0.2, -0.15) is 0 Å². The Balaban J connectivity index is 1.43. The number of nitrogens with one attached hydrogen (secondary N) is 1. The maximum Gasteiger partial charge on any atom is 0.323 e. The molecule has 2 unspecified atom stereocenters. The Labute approximate surface area is 178 Å². The van der Waals surface area contributed by atoms with Crippen molar-refractivity contribution in [3.63, 3.8) is 0 Å². The highest BCUT2D eigenvalue weighted by molar-refractivity contribution is 6.33. The Morgan fingerprint density at radius 2 is 2.13 bits per heavy atom. The third-order valence-corrected chi connectivity index (χ3v) is 6.30. The molecular formula is C21H22ClN5O3. The minimum Gasteiger partial charge on any atom is -0.444 e. The molecule has 1 N–H and O–H groups in total. The maximum atomic E-state index is 13.3. The highest BCUT2D eigenvalue weighted by Crippen LogP contribution is 2.55. The van der Waals surface area contributed by atoms with Gasteiger partial charge in [-0.3, -0.25) is 0 Å². The zero-order valence-corrected chi connectivity index (χ0v) is 17.7. The summed E-state index contributed by atoms with van der Waals surface area (Å²) < 4.78 is 11.2. The van der Waals surface area contributed by atoms with Gasteiger partial charge in [-0.05, 0) is 43.9 Å². The fourth-order valence-electron chi connectivity index (χ4n) is 4.86. The Morgan fingerprint density at radius 1 is 1.30 bits per heavy atom. The molecule has 2 saturated heterocycles. The van der Waals surface area contributed by atoms with Crippen LogP contribution in [0.3, 0.4) is 0 Å². The summed E-state index contributed by atoms with van der Waals surface area (Å²) in [5.41, 5.74) is 1.46. The Hall–Kier alpha value is -2.87. The van der Waals surface area contributed by atoms with Crippen LogP contribution in [0.2, 0.25) is 5.02 Å². The average Bonchev–Trinajstić information content (AvgIpc) is 3.31. The first-order chi connectivity index (χ1) is 14.4. The molecular weight excluding hydrogens is 406 g/mol. The van der Waals surface area contributed by atoms with Gasteiger partial charge in [0, 0.05) is 25.1 Å². The minimum atomic E-state index is -0.539. The highest BCUT2D eigenvalue weighted by Gasteiger charge is 2.62. The second-order valence-corrected chi connectivity index (χ2v) is 8.76. The van der Waals surface area contributed by atoms with E-state index in [1.807, 2.05) is 11.8 Å². The summed E-state index contributed by atoms with van der Waals surface area (Å²) in [6, 6.07) is 5.23. The molecule has 2 aliphatic heterocycles. The van der Waals surface area contributed by atoms with Crippen LogP contribution in [0.25, 0.3) is 11.5 Å². The summed E-state index contributed by atoms with van der Waals surface area (Å²) >= 11 is 6.33. The monoisotopic (exact) mass is 427 g/mol. The molecule has 2 amide bonds. The van der Waals surface area contributed by atoms with E-state index in [9.17, 15) is 4.79 Å². The van der Waals surface area contributed by atoms with Crippen molar-refractivity contribution in [3.05, 3.63) is 47.0 Å². The second-order valence-electron chi connectivity index (χ2n) is 8.35. The van der Waals surface area contributed by atoms with Gasteiger partial charge in [0.05, 0.1) is 16.3 Å². The number of nitrogens with zero attached hydrogens (tertiary/aromatic N) is 4. The van der Waals surface area contributed by atoms with Crippen LogP contribution in [0.5, 0.6) is 0 Å². The highest BCUT2D eigenvalue weighted by atomic mass is 35.5. The van der Waals surface area contributed by atoms with Crippen molar-refractivity contribution >= 4 is 23.3 Å². The van der Waals surface area contributed by atoms with Crippen molar-refractivity contribution < 1.29 is 13.6 Å². The second kappa shape index (κ2) is 6.84. The van der Waals surface area contributed by atoms with Crippen molar-refractivity contribution in [1.82, 2.24) is 20.1 Å². The molecule has 9 heteroatoms. The Bertz CT molecular complexity index is 1130. The van der Waals surface area contributed by atoms with Gasteiger partial charge < -0.3 is 19.1 Å². The summed E-state index contributed by atoms with van der Waals surface area (Å²) in [6.45, 7) is 5.80. The lowest BCUT2D eigenvalue weighted by atomic mass is 9.64. The third-order valence-electron chi connectivity index (χ3n) is 5.97. The molecule has 8 nitrogen and oxygen atoms in total. The molecule has 0 spiro atoms. The largest absolute Gasteiger partial charge is 0.444 e. The summed E-state index contributed by atoms with van der Waals surface area (Å²) in [5, 5.41) is 11.7. The van der Waals surface area contributed by atoms with Crippen LogP contribution in [-0.4, -0.2) is 32.2 Å². The van der Waals surface area contributed by atoms with Crippen LogP contribution in [0.4, 0.5) is 10.5 Å². The van der Waals surface area contributed by atoms with E-state index in [-0.39, 0.29) is 12.1 Å². The number of fused-ring (bicyclic) bond motifs is 2. The summed E-state index contributed by atoms with van der Waals surface area (Å²) in [7, 11) is 0. The molecule has 0 radical (unpaired) electrons. The predicted molar refractivity (Wildman–Crippen MR) is 110 cm³/mol. The van der Waals surface area contributed by atoms with Gasteiger partial charge >= 0.3 is 6.03 Å². The standard InChI is InChI=1S/C21H22ClN5O3/c1-11-6-15-9-21(8-11,19-26-25-13(3)30-19)27(15)20(28)24-14-4-5-17(22)16(7-14)18-23-12(2)10-29-18/h4-5,7,10-11,15H,6,8-9H2,1-3H3,(H,24,28)/t11-,15?,21?/m1/s1. The smallest absolute Gasteiger partial charge is 0.323 e. The van der Waals surface area contributed by atoms with Crippen molar-refractivity contribution in [2.45, 2.75) is 51.6 Å². The van der Waals surface area contributed by atoms with Gasteiger partial charge in [-0.25, -0.2) is 9.78 Å². The van der Waals surface area contributed by atoms with Crippen molar-refractivity contribution in [1.29, 1.82) is 0 Å². The van der Waals surface area contributed by atoms with Crippen LogP contribution in [-0.2, 0) is 5.54 Å². The Morgan fingerprint density at radius 3 is 2.83 bits per heavy atom. The molecule has 0 aliphatic carbocycles. The topological polar surface area (TPSA) is 97.3 Å². The van der Waals surface area contributed by atoms with Crippen LogP contribution < -0.4 is 5.32 Å². The Kier molecular flexibility index (Phi) is 4.36. The third kappa shape index (κ3) is 2.98. The SMILES string of the molecule is Cc1coc(-c2cc(NC(=O)N3C4C[C@@H](C)CC3(c3nnc(C)o3)C4)ccc2Cl)n1. The number of hydrogen-bond donors (Lipinski definition) is 1. The fraction of sp³-hybridized carbons (Fsp3) is 0.429. The average molecular weight is 428 g/mol. The number of carbonyl (C=O) groups excluding carboxylic acids is 1. The zero-order chi connectivity index (χ0) is 21.0.